The number of hydrogen-bond acceptors (Lipinski definition) is 6. The third-order valence-corrected chi connectivity index (χ3v) is 4.36. The van der Waals surface area contributed by atoms with E-state index in [4.69, 9.17) is 32.8 Å². The first-order chi connectivity index (χ1) is 15.8. The van der Waals surface area contributed by atoms with Gasteiger partial charge in [-0.15, -0.1) is 0 Å². The first-order valence-electron chi connectivity index (χ1n) is 11.1. The van der Waals surface area contributed by atoms with Crippen molar-refractivity contribution in [1.82, 2.24) is 10.2 Å². The molecule has 2 amide bonds. The number of carboxylic acid groups (broad SMARTS) is 1. The number of carboxylic acids is 1. The van der Waals surface area contributed by atoms with Gasteiger partial charge in [-0.1, -0.05) is 12.8 Å². The lowest BCUT2D eigenvalue weighted by molar-refractivity contribution is -0.192. The molecule has 0 aromatic rings. The number of carbonyl (C=O) groups is 3. The second-order valence-corrected chi connectivity index (χ2v) is 7.77. The number of guanidine groups is 1. The van der Waals surface area contributed by atoms with Crippen LogP contribution in [-0.4, -0.2) is 78.7 Å². The molecule has 0 rings (SSSR count). The van der Waals surface area contributed by atoms with Gasteiger partial charge in [0.25, 0.3) is 0 Å². The van der Waals surface area contributed by atoms with Crippen molar-refractivity contribution in [3.63, 3.8) is 0 Å². The number of nitrogens with zero attached hydrogens (tertiary/aromatic N) is 2. The second kappa shape index (κ2) is 19.8. The Morgan fingerprint density at radius 3 is 1.97 bits per heavy atom. The quantitative estimate of drug-likeness (QED) is 0.0707. The normalized spacial score (nSPS) is 11.7. The maximum absolute atomic E-state index is 12.2. The van der Waals surface area contributed by atoms with E-state index < -0.39 is 18.1 Å². The highest BCUT2D eigenvalue weighted by molar-refractivity contribution is 5.96. The van der Waals surface area contributed by atoms with Crippen LogP contribution in [0.1, 0.15) is 58.3 Å². The van der Waals surface area contributed by atoms with Gasteiger partial charge in [0, 0.05) is 25.7 Å². The van der Waals surface area contributed by atoms with Crippen LogP contribution in [0.25, 0.3) is 0 Å². The van der Waals surface area contributed by atoms with Crippen LogP contribution >= 0.6 is 0 Å². The topological polar surface area (TPSA) is 203 Å². The van der Waals surface area contributed by atoms with E-state index in [0.717, 1.165) is 58.0 Å². The minimum atomic E-state index is -5.08. The number of primary amides is 1. The summed E-state index contributed by atoms with van der Waals surface area (Å²) in [6.45, 7) is 5.71. The number of carbonyl (C=O) groups excluding carboxylic acids is 2. The SMILES string of the molecule is CC(N)CCNCCCCN(CCCCCCN=C(N)N)C(=O)CC(N)=O.O=C(O)C(F)(F)F. The van der Waals surface area contributed by atoms with Crippen molar-refractivity contribution in [1.29, 1.82) is 0 Å². The fourth-order valence-corrected chi connectivity index (χ4v) is 2.61. The minimum absolute atomic E-state index is 0.116. The summed E-state index contributed by atoms with van der Waals surface area (Å²) in [6.07, 6.45) is 1.29. The Morgan fingerprint density at radius 2 is 1.50 bits per heavy atom. The fraction of sp³-hybridized carbons (Fsp3) is 0.800. The van der Waals surface area contributed by atoms with Crippen molar-refractivity contribution in [3.05, 3.63) is 0 Å². The summed E-state index contributed by atoms with van der Waals surface area (Å²) < 4.78 is 31.7. The van der Waals surface area contributed by atoms with Gasteiger partial charge in [0.05, 0.1) is 0 Å². The summed E-state index contributed by atoms with van der Waals surface area (Å²) in [5.74, 6) is -3.41. The van der Waals surface area contributed by atoms with E-state index in [1.54, 1.807) is 4.90 Å². The van der Waals surface area contributed by atoms with E-state index in [1.165, 1.54) is 0 Å². The Morgan fingerprint density at radius 1 is 0.971 bits per heavy atom. The molecule has 0 heterocycles. The number of nitrogens with one attached hydrogen (secondary N) is 1. The Hall–Kier alpha value is -2.61. The number of unbranched alkanes of at least 4 members (excludes halogenated alkanes) is 4. The van der Waals surface area contributed by atoms with Crippen LogP contribution in [0, 0.1) is 0 Å². The lowest BCUT2D eigenvalue weighted by atomic mass is 10.1. The largest absolute Gasteiger partial charge is 0.490 e. The smallest absolute Gasteiger partial charge is 0.475 e. The highest BCUT2D eigenvalue weighted by Gasteiger charge is 2.38. The highest BCUT2D eigenvalue weighted by atomic mass is 19.4. The van der Waals surface area contributed by atoms with Gasteiger partial charge >= 0.3 is 12.1 Å². The first kappa shape index (κ1) is 33.6. The van der Waals surface area contributed by atoms with Crippen molar-refractivity contribution in [2.45, 2.75) is 70.5 Å². The van der Waals surface area contributed by atoms with Crippen molar-refractivity contribution >= 4 is 23.7 Å². The second-order valence-electron chi connectivity index (χ2n) is 7.77. The molecule has 0 spiro atoms. The summed E-state index contributed by atoms with van der Waals surface area (Å²) in [6, 6.07) is 0.207. The average Bonchev–Trinajstić information content (AvgIpc) is 2.69. The Balaban J connectivity index is 0. The van der Waals surface area contributed by atoms with Crippen molar-refractivity contribution in [2.75, 3.05) is 32.7 Å². The van der Waals surface area contributed by atoms with Crippen molar-refractivity contribution < 1.29 is 32.7 Å². The standard InChI is InChI=1S/C18H39N7O2.C2HF3O2/c1-15(19)8-11-23-9-5-7-13-25(17(27)14-16(20)26)12-6-3-2-4-10-24-18(21)22;3-2(4,5)1(6)7/h15,23H,2-14,19H2,1H3,(H2,20,26)(H4,21,22,24);(H,6,7). The molecule has 11 nitrogen and oxygen atoms in total. The molecule has 1 atom stereocenters. The zero-order valence-electron chi connectivity index (χ0n) is 19.8. The monoisotopic (exact) mass is 499 g/mol. The lowest BCUT2D eigenvalue weighted by Gasteiger charge is -2.22. The molecule has 0 saturated carbocycles. The summed E-state index contributed by atoms with van der Waals surface area (Å²) in [5.41, 5.74) is 21.4. The fourth-order valence-electron chi connectivity index (χ4n) is 2.61. The van der Waals surface area contributed by atoms with E-state index in [2.05, 4.69) is 10.3 Å². The van der Waals surface area contributed by atoms with E-state index in [0.29, 0.717) is 19.6 Å². The van der Waals surface area contributed by atoms with Gasteiger partial charge in [-0.3, -0.25) is 14.6 Å². The first-order valence-corrected chi connectivity index (χ1v) is 11.1. The summed E-state index contributed by atoms with van der Waals surface area (Å²) in [7, 11) is 0. The zero-order valence-corrected chi connectivity index (χ0v) is 19.8. The summed E-state index contributed by atoms with van der Waals surface area (Å²) in [5, 5.41) is 10.5. The van der Waals surface area contributed by atoms with E-state index >= 15 is 0 Å². The number of halogens is 3. The molecular weight excluding hydrogens is 459 g/mol. The van der Waals surface area contributed by atoms with E-state index in [1.807, 2.05) is 6.92 Å². The van der Waals surface area contributed by atoms with Crippen LogP contribution < -0.4 is 28.3 Å². The molecule has 0 aromatic heterocycles. The van der Waals surface area contributed by atoms with Gasteiger partial charge in [0.15, 0.2) is 5.96 Å². The average molecular weight is 500 g/mol. The number of rotatable bonds is 17. The van der Waals surface area contributed by atoms with Gasteiger partial charge in [-0.05, 0) is 52.1 Å². The van der Waals surface area contributed by atoms with Crippen LogP contribution in [0.5, 0.6) is 0 Å². The number of amides is 2. The van der Waals surface area contributed by atoms with Gasteiger partial charge in [-0.2, -0.15) is 13.2 Å². The van der Waals surface area contributed by atoms with Crippen molar-refractivity contribution in [2.24, 2.45) is 27.9 Å². The number of aliphatic carboxylic acids is 1. The lowest BCUT2D eigenvalue weighted by Crippen LogP contribution is -2.36. The molecule has 200 valence electrons. The number of aliphatic imine (C=N–C) groups is 1. The number of hydrogen-bond donors (Lipinski definition) is 6. The molecule has 34 heavy (non-hydrogen) atoms. The third-order valence-electron chi connectivity index (χ3n) is 4.36. The summed E-state index contributed by atoms with van der Waals surface area (Å²) in [4.78, 5) is 37.8. The van der Waals surface area contributed by atoms with Crippen molar-refractivity contribution in [3.8, 4) is 0 Å². The molecule has 0 aliphatic rings. The van der Waals surface area contributed by atoms with Crippen LogP contribution in [0.3, 0.4) is 0 Å². The van der Waals surface area contributed by atoms with Crippen LogP contribution in [0.2, 0.25) is 0 Å². The molecule has 14 heteroatoms. The van der Waals surface area contributed by atoms with Gasteiger partial charge in [-0.25, -0.2) is 4.79 Å². The predicted octanol–water partition coefficient (Wildman–Crippen LogP) is 0.265. The molecule has 0 aromatic carbocycles. The number of alkyl halides is 3. The highest BCUT2D eigenvalue weighted by Crippen LogP contribution is 2.13. The van der Waals surface area contributed by atoms with Crippen LogP contribution in [-0.2, 0) is 14.4 Å². The molecule has 10 N–H and O–H groups in total. The maximum Gasteiger partial charge on any atom is 0.490 e. The molecule has 0 bridgehead atoms. The maximum atomic E-state index is 12.2. The van der Waals surface area contributed by atoms with Gasteiger partial charge in [0.2, 0.25) is 11.8 Å². The predicted molar refractivity (Wildman–Crippen MR) is 124 cm³/mol. The molecule has 0 fully saturated rings. The van der Waals surface area contributed by atoms with Gasteiger partial charge < -0.3 is 38.3 Å². The zero-order chi connectivity index (χ0) is 26.6. The Bertz CT molecular complexity index is 613. The molecule has 1 unspecified atom stereocenters. The minimum Gasteiger partial charge on any atom is -0.475 e. The van der Waals surface area contributed by atoms with Crippen LogP contribution in [0.4, 0.5) is 13.2 Å². The van der Waals surface area contributed by atoms with E-state index in [-0.39, 0.29) is 24.3 Å². The number of nitrogens with two attached hydrogens (primary N) is 4. The summed E-state index contributed by atoms with van der Waals surface area (Å²) >= 11 is 0. The molecule has 0 aliphatic carbocycles. The third kappa shape index (κ3) is 24.0. The molecular formula is C20H40F3N7O4. The molecule has 0 radical (unpaired) electrons. The Kier molecular flexibility index (Phi) is 19.6. The molecule has 0 aliphatic heterocycles. The van der Waals surface area contributed by atoms with E-state index in [9.17, 15) is 22.8 Å². The Labute approximate surface area is 198 Å². The van der Waals surface area contributed by atoms with Gasteiger partial charge in [0.1, 0.15) is 6.42 Å². The molecule has 0 saturated heterocycles. The van der Waals surface area contributed by atoms with Crippen LogP contribution in [0.15, 0.2) is 4.99 Å².